The van der Waals surface area contributed by atoms with Crippen molar-refractivity contribution >= 4 is 34.0 Å². The lowest BCUT2D eigenvalue weighted by atomic mass is 10.1. The smallest absolute Gasteiger partial charge is 0.257 e. The third-order valence-electron chi connectivity index (χ3n) is 4.71. The van der Waals surface area contributed by atoms with Crippen LogP contribution in [0.2, 0.25) is 0 Å². The van der Waals surface area contributed by atoms with E-state index in [0.29, 0.717) is 29.4 Å². The summed E-state index contributed by atoms with van der Waals surface area (Å²) < 4.78 is 13.1. The molecular formula is C21H18FN3O2S. The van der Waals surface area contributed by atoms with E-state index in [4.69, 9.17) is 0 Å². The summed E-state index contributed by atoms with van der Waals surface area (Å²) in [5.41, 5.74) is 3.89. The molecule has 5 nitrogen and oxygen atoms in total. The molecule has 0 spiro atoms. The van der Waals surface area contributed by atoms with E-state index in [1.165, 1.54) is 23.5 Å². The van der Waals surface area contributed by atoms with E-state index in [-0.39, 0.29) is 17.6 Å². The number of rotatable bonds is 4. The number of fused-ring (bicyclic) bond motifs is 1. The Labute approximate surface area is 165 Å². The van der Waals surface area contributed by atoms with Crippen LogP contribution >= 0.6 is 11.3 Å². The highest BCUT2D eigenvalue weighted by Gasteiger charge is 2.24. The fourth-order valence-corrected chi connectivity index (χ4v) is 3.96. The molecule has 1 aliphatic rings. The Morgan fingerprint density at radius 3 is 2.75 bits per heavy atom. The Bertz CT molecular complexity index is 1050. The van der Waals surface area contributed by atoms with Gasteiger partial charge in [0.25, 0.3) is 5.91 Å². The molecule has 2 aromatic carbocycles. The van der Waals surface area contributed by atoms with E-state index in [9.17, 15) is 14.0 Å². The first kappa shape index (κ1) is 18.3. The highest BCUT2D eigenvalue weighted by Crippen LogP contribution is 2.30. The molecule has 3 aromatic rings. The van der Waals surface area contributed by atoms with Crippen LogP contribution in [-0.2, 0) is 11.2 Å². The second-order valence-electron chi connectivity index (χ2n) is 6.49. The summed E-state index contributed by atoms with van der Waals surface area (Å²) in [5.74, 6) is -0.460. The summed E-state index contributed by atoms with van der Waals surface area (Å²) in [7, 11) is 0. The molecule has 28 heavy (non-hydrogen) atoms. The maximum atomic E-state index is 13.1. The van der Waals surface area contributed by atoms with E-state index in [2.05, 4.69) is 10.3 Å². The van der Waals surface area contributed by atoms with Gasteiger partial charge in [0.2, 0.25) is 5.91 Å². The molecule has 0 unspecified atom stereocenters. The SMILES string of the molecule is CCC(=O)N1CCc2cc(C(=O)Nc3nc(-c4ccc(F)cc4)cs3)ccc21. The number of aromatic nitrogens is 1. The van der Waals surface area contributed by atoms with Crippen LogP contribution < -0.4 is 10.2 Å². The highest BCUT2D eigenvalue weighted by atomic mass is 32.1. The average molecular weight is 395 g/mol. The lowest BCUT2D eigenvalue weighted by Gasteiger charge is -2.16. The largest absolute Gasteiger partial charge is 0.312 e. The van der Waals surface area contributed by atoms with Gasteiger partial charge in [-0.2, -0.15) is 0 Å². The maximum Gasteiger partial charge on any atom is 0.257 e. The number of thiazole rings is 1. The molecule has 0 aliphatic carbocycles. The van der Waals surface area contributed by atoms with E-state index in [1.807, 2.05) is 24.4 Å². The summed E-state index contributed by atoms with van der Waals surface area (Å²) in [4.78, 5) is 30.8. The molecular weight excluding hydrogens is 377 g/mol. The van der Waals surface area contributed by atoms with Gasteiger partial charge in [-0.05, 0) is 54.4 Å². The van der Waals surface area contributed by atoms with Crippen LogP contribution in [0.1, 0.15) is 29.3 Å². The number of hydrogen-bond donors (Lipinski definition) is 1. The Hall–Kier alpha value is -3.06. The first-order chi connectivity index (χ1) is 13.5. The number of anilines is 2. The molecule has 2 amide bonds. The number of hydrogen-bond acceptors (Lipinski definition) is 4. The summed E-state index contributed by atoms with van der Waals surface area (Å²) in [6.07, 6.45) is 1.20. The Kier molecular flexibility index (Phi) is 4.92. The number of halogens is 1. The number of carbonyl (C=O) groups is 2. The number of amides is 2. The van der Waals surface area contributed by atoms with Crippen LogP contribution in [0.25, 0.3) is 11.3 Å². The molecule has 0 fully saturated rings. The molecule has 0 saturated carbocycles. The Morgan fingerprint density at radius 1 is 1.21 bits per heavy atom. The molecule has 0 atom stereocenters. The van der Waals surface area contributed by atoms with E-state index < -0.39 is 0 Å². The molecule has 142 valence electrons. The summed E-state index contributed by atoms with van der Waals surface area (Å²) in [5, 5.41) is 5.11. The number of nitrogens with zero attached hydrogens (tertiary/aromatic N) is 2. The van der Waals surface area contributed by atoms with E-state index in [0.717, 1.165) is 23.2 Å². The minimum Gasteiger partial charge on any atom is -0.312 e. The Balaban J connectivity index is 1.49. The molecule has 0 radical (unpaired) electrons. The molecule has 1 N–H and O–H groups in total. The lowest BCUT2D eigenvalue weighted by Crippen LogP contribution is -2.27. The second kappa shape index (κ2) is 7.52. The third-order valence-corrected chi connectivity index (χ3v) is 5.46. The van der Waals surface area contributed by atoms with Crippen LogP contribution in [0.15, 0.2) is 47.8 Å². The quantitative estimate of drug-likeness (QED) is 0.707. The normalized spacial score (nSPS) is 12.7. The fourth-order valence-electron chi connectivity index (χ4n) is 3.25. The van der Waals surface area contributed by atoms with Gasteiger partial charge in [-0.15, -0.1) is 11.3 Å². The van der Waals surface area contributed by atoms with Crippen LogP contribution in [0.3, 0.4) is 0 Å². The van der Waals surface area contributed by atoms with Crippen molar-refractivity contribution in [1.82, 2.24) is 4.98 Å². The average Bonchev–Trinajstić information content (AvgIpc) is 3.34. The summed E-state index contributed by atoms with van der Waals surface area (Å²) >= 11 is 1.31. The van der Waals surface area contributed by atoms with Gasteiger partial charge in [0.1, 0.15) is 5.82 Å². The van der Waals surface area contributed by atoms with Gasteiger partial charge in [-0.3, -0.25) is 14.9 Å². The molecule has 2 heterocycles. The van der Waals surface area contributed by atoms with Crippen molar-refractivity contribution in [2.45, 2.75) is 19.8 Å². The van der Waals surface area contributed by atoms with Crippen LogP contribution in [0, 0.1) is 5.82 Å². The van der Waals surface area contributed by atoms with Crippen molar-refractivity contribution in [1.29, 1.82) is 0 Å². The number of carbonyl (C=O) groups excluding carboxylic acids is 2. The van der Waals surface area contributed by atoms with Gasteiger partial charge in [-0.1, -0.05) is 6.92 Å². The van der Waals surface area contributed by atoms with Crippen molar-refractivity contribution in [3.8, 4) is 11.3 Å². The summed E-state index contributed by atoms with van der Waals surface area (Å²) in [6.45, 7) is 2.50. The molecule has 1 aliphatic heterocycles. The standard InChI is InChI=1S/C21H18FN3O2S/c1-2-19(26)25-10-9-14-11-15(5-8-18(14)25)20(27)24-21-23-17(12-28-21)13-3-6-16(22)7-4-13/h3-8,11-12H,2,9-10H2,1H3,(H,23,24,27). The van der Waals surface area contributed by atoms with Crippen molar-refractivity contribution in [3.05, 3.63) is 64.8 Å². The minimum atomic E-state index is -0.302. The molecule has 7 heteroatoms. The highest BCUT2D eigenvalue weighted by molar-refractivity contribution is 7.14. The van der Waals surface area contributed by atoms with Crippen molar-refractivity contribution in [2.24, 2.45) is 0 Å². The topological polar surface area (TPSA) is 62.3 Å². The number of nitrogens with one attached hydrogen (secondary N) is 1. The lowest BCUT2D eigenvalue weighted by molar-refractivity contribution is -0.118. The first-order valence-corrected chi connectivity index (χ1v) is 9.89. The second-order valence-corrected chi connectivity index (χ2v) is 7.35. The van der Waals surface area contributed by atoms with Gasteiger partial charge < -0.3 is 4.90 Å². The van der Waals surface area contributed by atoms with Crippen molar-refractivity contribution in [3.63, 3.8) is 0 Å². The number of benzene rings is 2. The Morgan fingerprint density at radius 2 is 2.00 bits per heavy atom. The monoisotopic (exact) mass is 395 g/mol. The zero-order valence-corrected chi connectivity index (χ0v) is 16.1. The van der Waals surface area contributed by atoms with E-state index in [1.54, 1.807) is 23.1 Å². The van der Waals surface area contributed by atoms with Gasteiger partial charge in [0, 0.05) is 35.2 Å². The summed E-state index contributed by atoms with van der Waals surface area (Å²) in [6, 6.07) is 11.5. The van der Waals surface area contributed by atoms with Gasteiger partial charge >= 0.3 is 0 Å². The molecule has 0 saturated heterocycles. The molecule has 1 aromatic heterocycles. The van der Waals surface area contributed by atoms with Gasteiger partial charge in [-0.25, -0.2) is 9.37 Å². The van der Waals surface area contributed by atoms with Crippen molar-refractivity contribution in [2.75, 3.05) is 16.8 Å². The van der Waals surface area contributed by atoms with Crippen LogP contribution in [0.4, 0.5) is 15.2 Å². The maximum absolute atomic E-state index is 13.1. The molecule has 4 rings (SSSR count). The fraction of sp³-hybridized carbons (Fsp3) is 0.190. The van der Waals surface area contributed by atoms with E-state index >= 15 is 0 Å². The third kappa shape index (κ3) is 3.53. The van der Waals surface area contributed by atoms with Gasteiger partial charge in [0.15, 0.2) is 5.13 Å². The first-order valence-electron chi connectivity index (χ1n) is 9.01. The van der Waals surface area contributed by atoms with Gasteiger partial charge in [0.05, 0.1) is 5.69 Å². The predicted molar refractivity (Wildman–Crippen MR) is 108 cm³/mol. The minimum absolute atomic E-state index is 0.0899. The zero-order chi connectivity index (χ0) is 19.7. The molecule has 0 bridgehead atoms. The zero-order valence-electron chi connectivity index (χ0n) is 15.2. The predicted octanol–water partition coefficient (Wildman–Crippen LogP) is 4.50. The van der Waals surface area contributed by atoms with Crippen LogP contribution in [-0.4, -0.2) is 23.3 Å². The van der Waals surface area contributed by atoms with Crippen LogP contribution in [0.5, 0.6) is 0 Å². The van der Waals surface area contributed by atoms with Crippen molar-refractivity contribution < 1.29 is 14.0 Å².